The smallest absolute Gasteiger partial charge is 0.308 e. The van der Waals surface area contributed by atoms with Crippen LogP contribution in [0, 0.1) is 0 Å². The summed E-state index contributed by atoms with van der Waals surface area (Å²) in [6.45, 7) is 1.90. The molecule has 0 radical (unpaired) electrons. The van der Waals surface area contributed by atoms with E-state index in [2.05, 4.69) is 6.08 Å². The monoisotopic (exact) mass is 252 g/mol. The molecule has 18 heavy (non-hydrogen) atoms. The summed E-state index contributed by atoms with van der Waals surface area (Å²) in [7, 11) is 0. The predicted molar refractivity (Wildman–Crippen MR) is 67.0 cm³/mol. The van der Waals surface area contributed by atoms with Gasteiger partial charge in [0.15, 0.2) is 0 Å². The molecule has 4 nitrogen and oxygen atoms in total. The zero-order chi connectivity index (χ0) is 13.0. The van der Waals surface area contributed by atoms with E-state index in [1.807, 2.05) is 19.1 Å². The zero-order valence-corrected chi connectivity index (χ0v) is 10.6. The lowest BCUT2D eigenvalue weighted by Gasteiger charge is -2.28. The number of ether oxygens (including phenoxy) is 2. The highest BCUT2D eigenvalue weighted by molar-refractivity contribution is 5.70. The highest BCUT2D eigenvalue weighted by Crippen LogP contribution is 2.19. The number of cyclic esters (lactones) is 1. The number of carbonyl (C=O) groups excluding carboxylic acids is 1. The Kier molecular flexibility index (Phi) is 4.55. The zero-order valence-electron chi connectivity index (χ0n) is 10.6. The average molecular weight is 252 g/mol. The van der Waals surface area contributed by atoms with E-state index in [4.69, 9.17) is 9.47 Å². The first kappa shape index (κ1) is 13.3. The van der Waals surface area contributed by atoms with E-state index in [1.165, 1.54) is 0 Å². The van der Waals surface area contributed by atoms with Crippen molar-refractivity contribution in [3.63, 3.8) is 0 Å². The van der Waals surface area contributed by atoms with Crippen molar-refractivity contribution in [2.24, 2.45) is 0 Å². The van der Waals surface area contributed by atoms with E-state index in [0.29, 0.717) is 0 Å². The summed E-state index contributed by atoms with van der Waals surface area (Å²) in [4.78, 5) is 11.7. The van der Waals surface area contributed by atoms with Gasteiger partial charge in [-0.1, -0.05) is 24.3 Å². The quantitative estimate of drug-likeness (QED) is 0.527. The highest BCUT2D eigenvalue weighted by Gasteiger charge is 2.28. The molecule has 4 atom stereocenters. The largest absolute Gasteiger partial charge is 0.463 e. The SMILES string of the molecule is C[C@@H]1CCC/C=C\[C@@H]2C=C[C@H](O)[C@@H](CC(=O)O1)O2. The van der Waals surface area contributed by atoms with Crippen molar-refractivity contribution in [2.45, 2.75) is 57.0 Å². The van der Waals surface area contributed by atoms with Gasteiger partial charge >= 0.3 is 5.97 Å². The maximum absolute atomic E-state index is 11.7. The van der Waals surface area contributed by atoms with E-state index < -0.39 is 12.2 Å². The van der Waals surface area contributed by atoms with Crippen molar-refractivity contribution in [3.05, 3.63) is 24.3 Å². The van der Waals surface area contributed by atoms with Crippen molar-refractivity contribution in [3.8, 4) is 0 Å². The first-order valence-corrected chi connectivity index (χ1v) is 6.53. The molecule has 2 rings (SSSR count). The summed E-state index contributed by atoms with van der Waals surface area (Å²) < 4.78 is 10.9. The molecule has 0 saturated carbocycles. The molecule has 0 spiro atoms. The van der Waals surface area contributed by atoms with Gasteiger partial charge in [0.2, 0.25) is 0 Å². The fraction of sp³-hybridized carbons (Fsp3) is 0.643. The van der Waals surface area contributed by atoms with Gasteiger partial charge in [-0.3, -0.25) is 4.79 Å². The maximum Gasteiger partial charge on any atom is 0.308 e. The van der Waals surface area contributed by atoms with Crippen LogP contribution in [0.5, 0.6) is 0 Å². The molecule has 2 heterocycles. The number of allylic oxidation sites excluding steroid dienone is 1. The Bertz CT molecular complexity index is 348. The summed E-state index contributed by atoms with van der Waals surface area (Å²) in [6.07, 6.45) is 9.00. The molecule has 2 bridgehead atoms. The molecule has 0 aliphatic carbocycles. The van der Waals surface area contributed by atoms with Gasteiger partial charge in [-0.2, -0.15) is 0 Å². The second-order valence-electron chi connectivity index (χ2n) is 4.88. The lowest BCUT2D eigenvalue weighted by atomic mass is 10.0. The summed E-state index contributed by atoms with van der Waals surface area (Å²) in [6, 6.07) is 0. The van der Waals surface area contributed by atoms with Gasteiger partial charge in [0, 0.05) is 0 Å². The maximum atomic E-state index is 11.7. The van der Waals surface area contributed by atoms with Crippen LogP contribution in [0.4, 0.5) is 0 Å². The second-order valence-corrected chi connectivity index (χ2v) is 4.88. The molecule has 4 heteroatoms. The third kappa shape index (κ3) is 3.68. The van der Waals surface area contributed by atoms with E-state index in [-0.39, 0.29) is 24.6 Å². The molecule has 100 valence electrons. The first-order chi connectivity index (χ1) is 8.65. The Hall–Kier alpha value is -1.13. The Morgan fingerprint density at radius 2 is 2.17 bits per heavy atom. The molecule has 1 N–H and O–H groups in total. The molecule has 0 amide bonds. The third-order valence-electron chi connectivity index (χ3n) is 3.22. The molecule has 2 aliphatic rings. The number of rotatable bonds is 0. The number of aliphatic hydroxyl groups excluding tert-OH is 1. The Labute approximate surface area is 107 Å². The molecule has 2 aliphatic heterocycles. The van der Waals surface area contributed by atoms with Crippen LogP contribution >= 0.6 is 0 Å². The lowest BCUT2D eigenvalue weighted by Crippen LogP contribution is -2.37. The van der Waals surface area contributed by atoms with Crippen molar-refractivity contribution in [1.29, 1.82) is 0 Å². The van der Waals surface area contributed by atoms with E-state index >= 15 is 0 Å². The van der Waals surface area contributed by atoms with Gasteiger partial charge in [0.25, 0.3) is 0 Å². The third-order valence-corrected chi connectivity index (χ3v) is 3.22. The van der Waals surface area contributed by atoms with Crippen molar-refractivity contribution < 1.29 is 19.4 Å². The van der Waals surface area contributed by atoms with Crippen LogP contribution in [0.25, 0.3) is 0 Å². The number of hydrogen-bond acceptors (Lipinski definition) is 4. The van der Waals surface area contributed by atoms with Crippen LogP contribution in [-0.4, -0.2) is 35.5 Å². The topological polar surface area (TPSA) is 55.8 Å². The first-order valence-electron chi connectivity index (χ1n) is 6.53. The fourth-order valence-electron chi connectivity index (χ4n) is 2.20. The number of hydrogen-bond donors (Lipinski definition) is 1. The number of fused-ring (bicyclic) bond motifs is 2. The summed E-state index contributed by atoms with van der Waals surface area (Å²) in [5, 5.41) is 9.77. The molecule has 0 saturated heterocycles. The van der Waals surface area contributed by atoms with Crippen LogP contribution in [0.1, 0.15) is 32.6 Å². The van der Waals surface area contributed by atoms with Crippen LogP contribution in [0.15, 0.2) is 24.3 Å². The lowest BCUT2D eigenvalue weighted by molar-refractivity contribution is -0.154. The van der Waals surface area contributed by atoms with Gasteiger partial charge in [0.1, 0.15) is 0 Å². The number of aliphatic hydroxyl groups is 1. The summed E-state index contributed by atoms with van der Waals surface area (Å²) in [5.74, 6) is -0.301. The Morgan fingerprint density at radius 1 is 1.33 bits per heavy atom. The highest BCUT2D eigenvalue weighted by atomic mass is 16.5. The Balaban J connectivity index is 2.08. The normalized spacial score (nSPS) is 39.3. The number of carbonyl (C=O) groups is 1. The number of esters is 1. The van der Waals surface area contributed by atoms with Crippen LogP contribution < -0.4 is 0 Å². The average Bonchev–Trinajstić information content (AvgIpc) is 2.31. The van der Waals surface area contributed by atoms with Gasteiger partial charge in [0.05, 0.1) is 30.8 Å². The molecule has 0 fully saturated rings. The van der Waals surface area contributed by atoms with E-state index in [9.17, 15) is 9.90 Å². The minimum Gasteiger partial charge on any atom is -0.463 e. The second kappa shape index (κ2) is 6.16. The summed E-state index contributed by atoms with van der Waals surface area (Å²) in [5.41, 5.74) is 0. The van der Waals surface area contributed by atoms with Gasteiger partial charge < -0.3 is 14.6 Å². The van der Waals surface area contributed by atoms with Gasteiger partial charge in [-0.15, -0.1) is 0 Å². The minimum absolute atomic E-state index is 0.0719. The molecule has 0 aromatic rings. The molecular formula is C14H20O4. The van der Waals surface area contributed by atoms with Gasteiger partial charge in [-0.05, 0) is 26.2 Å². The van der Waals surface area contributed by atoms with Crippen LogP contribution in [-0.2, 0) is 14.3 Å². The minimum atomic E-state index is -0.736. The molecule has 0 aromatic heterocycles. The summed E-state index contributed by atoms with van der Waals surface area (Å²) >= 11 is 0. The van der Waals surface area contributed by atoms with Gasteiger partial charge in [-0.25, -0.2) is 0 Å². The fourth-order valence-corrected chi connectivity index (χ4v) is 2.20. The van der Waals surface area contributed by atoms with Crippen LogP contribution in [0.3, 0.4) is 0 Å². The van der Waals surface area contributed by atoms with E-state index in [1.54, 1.807) is 6.08 Å². The van der Waals surface area contributed by atoms with Crippen molar-refractivity contribution >= 4 is 5.97 Å². The van der Waals surface area contributed by atoms with Crippen molar-refractivity contribution in [1.82, 2.24) is 0 Å². The molecular weight excluding hydrogens is 232 g/mol. The molecule has 0 unspecified atom stereocenters. The predicted octanol–water partition coefficient (Wildman–Crippen LogP) is 1.73. The standard InChI is InChI=1S/C14H20O4/c1-10-5-3-2-4-6-11-7-8-12(15)13(18-11)9-14(16)17-10/h4,6-8,10-13,15H,2-3,5,9H2,1H3/b6-4-/t10-,11-,12+,13-/m1/s1. The van der Waals surface area contributed by atoms with Crippen LogP contribution in [0.2, 0.25) is 0 Å². The van der Waals surface area contributed by atoms with Crippen molar-refractivity contribution in [2.75, 3.05) is 0 Å². The Morgan fingerprint density at radius 3 is 3.00 bits per heavy atom. The molecule has 0 aromatic carbocycles. The van der Waals surface area contributed by atoms with E-state index in [0.717, 1.165) is 19.3 Å².